The van der Waals surface area contributed by atoms with Gasteiger partial charge < -0.3 is 14.5 Å². The molecule has 9 heteroatoms. The van der Waals surface area contributed by atoms with Gasteiger partial charge in [-0.05, 0) is 101 Å². The zero-order valence-electron chi connectivity index (χ0n) is 20.5. The zero-order chi connectivity index (χ0) is 24.4. The van der Waals surface area contributed by atoms with Crippen molar-refractivity contribution in [1.29, 1.82) is 0 Å². The Labute approximate surface area is 207 Å². The predicted octanol–water partition coefficient (Wildman–Crippen LogP) is 3.87. The number of amides is 1. The molecule has 3 heterocycles. The second-order valence-electron chi connectivity index (χ2n) is 11.5. The lowest BCUT2D eigenvalue weighted by Crippen LogP contribution is -2.49. The number of sulfonamides is 1. The van der Waals surface area contributed by atoms with Gasteiger partial charge >= 0.3 is 6.09 Å². The minimum atomic E-state index is -3.42. The van der Waals surface area contributed by atoms with Crippen molar-refractivity contribution in [2.45, 2.75) is 81.4 Å². The van der Waals surface area contributed by atoms with Crippen LogP contribution in [0.4, 0.5) is 14.9 Å². The van der Waals surface area contributed by atoms with Crippen LogP contribution in [0.15, 0.2) is 18.2 Å². The average Bonchev–Trinajstić information content (AvgIpc) is 3.36. The fourth-order valence-corrected chi connectivity index (χ4v) is 8.31. The summed E-state index contributed by atoms with van der Waals surface area (Å²) in [5.74, 6) is 0.218. The number of ether oxygens (including phenoxy) is 1. The summed E-state index contributed by atoms with van der Waals surface area (Å²) in [6.45, 7) is 2.93. The van der Waals surface area contributed by atoms with Gasteiger partial charge in [0.2, 0.25) is 10.0 Å². The molecule has 0 aromatic heterocycles. The molecule has 1 aromatic carbocycles. The van der Waals surface area contributed by atoms with Gasteiger partial charge in [0.25, 0.3) is 0 Å². The van der Waals surface area contributed by atoms with Crippen LogP contribution in [-0.4, -0.2) is 74.9 Å². The molecule has 35 heavy (non-hydrogen) atoms. The number of rotatable bonds is 3. The fraction of sp³-hybridized carbons (Fsp3) is 0.731. The Morgan fingerprint density at radius 1 is 1.09 bits per heavy atom. The third kappa shape index (κ3) is 4.12. The maximum atomic E-state index is 14.2. The highest BCUT2D eigenvalue weighted by molar-refractivity contribution is 7.92. The Hall–Kier alpha value is -1.87. The summed E-state index contributed by atoms with van der Waals surface area (Å²) in [6.07, 6.45) is 10.3. The van der Waals surface area contributed by atoms with Crippen LogP contribution < -0.4 is 4.31 Å². The number of carbonyl (C=O) groups is 1. The molecule has 1 spiro atoms. The van der Waals surface area contributed by atoms with Crippen molar-refractivity contribution in [3.63, 3.8) is 0 Å². The van der Waals surface area contributed by atoms with Crippen molar-refractivity contribution >= 4 is 21.8 Å². The molecule has 0 bridgehead atoms. The number of anilines is 1. The van der Waals surface area contributed by atoms with E-state index in [1.165, 1.54) is 23.0 Å². The number of hydrogen-bond acceptors (Lipinski definition) is 5. The maximum absolute atomic E-state index is 14.2. The van der Waals surface area contributed by atoms with E-state index >= 15 is 0 Å². The third-order valence-electron chi connectivity index (χ3n) is 9.48. The van der Waals surface area contributed by atoms with Crippen molar-refractivity contribution in [1.82, 2.24) is 9.80 Å². The van der Waals surface area contributed by atoms with Gasteiger partial charge in [0.05, 0.1) is 11.9 Å². The van der Waals surface area contributed by atoms with E-state index < -0.39 is 10.0 Å². The predicted molar refractivity (Wildman–Crippen MR) is 131 cm³/mol. The first-order valence-electron chi connectivity index (χ1n) is 13.2. The normalized spacial score (nSPS) is 30.7. The summed E-state index contributed by atoms with van der Waals surface area (Å²) in [4.78, 5) is 17.4. The second kappa shape index (κ2) is 8.61. The molecule has 0 radical (unpaired) electrons. The van der Waals surface area contributed by atoms with Gasteiger partial charge in [-0.15, -0.1) is 0 Å². The van der Waals surface area contributed by atoms with E-state index in [1.807, 2.05) is 4.90 Å². The standard InChI is InChI=1S/C26H36FN3O4S/c1-35(32,33)30-17-26(22-15-19(27)7-8-23(22)30)9-12-28(13-10-26)20-14-18-4-3-11-29(24(18)16-20)25(31)34-21-5-2-6-21/h7-8,15,18,20-21,24H,2-6,9-14,16-17H2,1H3. The Morgan fingerprint density at radius 3 is 2.54 bits per heavy atom. The second-order valence-corrected chi connectivity index (χ2v) is 13.4. The Kier molecular flexibility index (Phi) is 5.79. The maximum Gasteiger partial charge on any atom is 0.410 e. The minimum Gasteiger partial charge on any atom is -0.446 e. The van der Waals surface area contributed by atoms with E-state index in [-0.39, 0.29) is 29.5 Å². The van der Waals surface area contributed by atoms with Crippen LogP contribution in [0.5, 0.6) is 0 Å². The van der Waals surface area contributed by atoms with Gasteiger partial charge in [0.15, 0.2) is 0 Å². The molecule has 7 nitrogen and oxygen atoms in total. The van der Waals surface area contributed by atoms with Crippen LogP contribution in [0.25, 0.3) is 0 Å². The molecule has 3 atom stereocenters. The van der Waals surface area contributed by atoms with Crippen LogP contribution in [-0.2, 0) is 20.2 Å². The van der Waals surface area contributed by atoms with E-state index in [9.17, 15) is 17.6 Å². The summed E-state index contributed by atoms with van der Waals surface area (Å²) in [5.41, 5.74) is 1.14. The number of hydrogen-bond donors (Lipinski definition) is 0. The lowest BCUT2D eigenvalue weighted by molar-refractivity contribution is 0.00658. The van der Waals surface area contributed by atoms with Crippen LogP contribution >= 0.6 is 0 Å². The number of carbonyl (C=O) groups excluding carboxylic acids is 1. The van der Waals surface area contributed by atoms with Gasteiger partial charge in [-0.2, -0.15) is 0 Å². The van der Waals surface area contributed by atoms with E-state index in [4.69, 9.17) is 4.74 Å². The summed E-state index contributed by atoms with van der Waals surface area (Å²) in [6, 6.07) is 5.21. The molecule has 3 unspecified atom stereocenters. The highest BCUT2D eigenvalue weighted by Gasteiger charge is 2.50. The van der Waals surface area contributed by atoms with Crippen LogP contribution in [0.2, 0.25) is 0 Å². The largest absolute Gasteiger partial charge is 0.446 e. The number of piperidine rings is 2. The molecular weight excluding hydrogens is 469 g/mol. The molecular formula is C26H36FN3O4S. The molecule has 1 aromatic rings. The molecule has 192 valence electrons. The van der Waals surface area contributed by atoms with Crippen LogP contribution in [0.3, 0.4) is 0 Å². The van der Waals surface area contributed by atoms with Gasteiger partial charge in [-0.25, -0.2) is 17.6 Å². The van der Waals surface area contributed by atoms with Crippen molar-refractivity contribution in [3.05, 3.63) is 29.6 Å². The average molecular weight is 506 g/mol. The van der Waals surface area contributed by atoms with Crippen LogP contribution in [0, 0.1) is 11.7 Å². The van der Waals surface area contributed by atoms with Gasteiger partial charge in [0, 0.05) is 30.6 Å². The molecule has 2 saturated carbocycles. The Bertz CT molecular complexity index is 1100. The van der Waals surface area contributed by atoms with Gasteiger partial charge in [-0.1, -0.05) is 0 Å². The smallest absolute Gasteiger partial charge is 0.410 e. The molecule has 4 fully saturated rings. The minimum absolute atomic E-state index is 0.115. The van der Waals surface area contributed by atoms with Crippen molar-refractivity contribution in [2.75, 3.05) is 36.7 Å². The van der Waals surface area contributed by atoms with Crippen molar-refractivity contribution in [3.8, 4) is 0 Å². The summed E-state index contributed by atoms with van der Waals surface area (Å²) in [7, 11) is -3.42. The lowest BCUT2D eigenvalue weighted by Gasteiger charge is -2.42. The summed E-state index contributed by atoms with van der Waals surface area (Å²) >= 11 is 0. The zero-order valence-corrected chi connectivity index (χ0v) is 21.3. The van der Waals surface area contributed by atoms with Gasteiger partial charge in [-0.3, -0.25) is 4.31 Å². The van der Waals surface area contributed by atoms with Crippen LogP contribution in [0.1, 0.15) is 63.4 Å². The lowest BCUT2D eigenvalue weighted by atomic mass is 9.74. The van der Waals surface area contributed by atoms with E-state index in [0.29, 0.717) is 24.2 Å². The first kappa shape index (κ1) is 23.5. The Balaban J connectivity index is 1.14. The first-order valence-corrected chi connectivity index (χ1v) is 15.1. The summed E-state index contributed by atoms with van der Waals surface area (Å²) < 4.78 is 46.4. The van der Waals surface area contributed by atoms with Crippen molar-refractivity contribution < 1.29 is 22.3 Å². The SMILES string of the molecule is CS(=O)(=O)N1CC2(CCN(C3CC4CCCN(C(=O)OC5CCC5)C4C3)CC2)c2cc(F)ccc21. The van der Waals surface area contributed by atoms with E-state index in [1.54, 1.807) is 12.1 Å². The molecule has 0 N–H and O–H groups in total. The molecule has 2 aliphatic carbocycles. The first-order chi connectivity index (χ1) is 16.7. The topological polar surface area (TPSA) is 70.2 Å². The number of benzene rings is 1. The molecule has 6 rings (SSSR count). The summed E-state index contributed by atoms with van der Waals surface area (Å²) in [5, 5.41) is 0. The van der Waals surface area contributed by atoms with E-state index in [0.717, 1.165) is 76.6 Å². The number of fused-ring (bicyclic) bond motifs is 3. The molecule has 5 aliphatic rings. The molecule has 3 aliphatic heterocycles. The number of nitrogens with zero attached hydrogens (tertiary/aromatic N) is 3. The van der Waals surface area contributed by atoms with E-state index in [2.05, 4.69) is 4.90 Å². The van der Waals surface area contributed by atoms with Gasteiger partial charge in [0.1, 0.15) is 11.9 Å². The highest BCUT2D eigenvalue weighted by atomic mass is 32.2. The third-order valence-corrected chi connectivity index (χ3v) is 10.6. The monoisotopic (exact) mass is 505 g/mol. The number of likely N-dealkylation sites (tertiary alicyclic amines) is 2. The quantitative estimate of drug-likeness (QED) is 0.624. The van der Waals surface area contributed by atoms with Crippen molar-refractivity contribution in [2.24, 2.45) is 5.92 Å². The fourth-order valence-electron chi connectivity index (χ4n) is 7.32. The highest BCUT2D eigenvalue weighted by Crippen LogP contribution is 2.49. The molecule has 2 saturated heterocycles. The Morgan fingerprint density at radius 2 is 1.86 bits per heavy atom. The number of halogens is 1. The molecule has 1 amide bonds.